The molecule has 1 unspecified atom stereocenters. The molecule has 0 bridgehead atoms. The number of hydrogen-bond acceptors (Lipinski definition) is 3. The lowest BCUT2D eigenvalue weighted by Crippen LogP contribution is -2.06. The molecule has 40 valence electrons. The van der Waals surface area contributed by atoms with Crippen LogP contribution in [0.5, 0.6) is 0 Å². The van der Waals surface area contributed by atoms with Gasteiger partial charge >= 0.3 is 0 Å². The van der Waals surface area contributed by atoms with Gasteiger partial charge in [0, 0.05) is 0 Å². The van der Waals surface area contributed by atoms with Gasteiger partial charge in [0.2, 0.25) is 0 Å². The van der Waals surface area contributed by atoms with Gasteiger partial charge in [0.05, 0.1) is 0 Å². The smallest absolute Gasteiger partial charge is 0.293 e. The van der Waals surface area contributed by atoms with Gasteiger partial charge in [-0.05, 0) is 6.92 Å². The Morgan fingerprint density at radius 1 is 1.57 bits per heavy atom. The predicted octanol–water partition coefficient (Wildman–Crippen LogP) is -0.253. The van der Waals surface area contributed by atoms with Crippen LogP contribution in [0.4, 0.5) is 0 Å². The van der Waals surface area contributed by atoms with Gasteiger partial charge in [0.25, 0.3) is 6.47 Å². The lowest BCUT2D eigenvalue weighted by Gasteiger charge is -1.95. The molecule has 0 aromatic rings. The number of carbonyl (C=O) groups excluding carboxylic acids is 2. The number of ether oxygens (including phenoxy) is 1. The van der Waals surface area contributed by atoms with Gasteiger partial charge < -0.3 is 4.74 Å². The average Bonchev–Trinajstić information content (AvgIpc) is 1.68. The molecule has 0 aliphatic carbocycles. The molecule has 0 fully saturated rings. The van der Waals surface area contributed by atoms with Crippen molar-refractivity contribution in [2.45, 2.75) is 13.0 Å². The van der Waals surface area contributed by atoms with E-state index in [-0.39, 0.29) is 6.47 Å². The third-order valence-electron chi connectivity index (χ3n) is 0.462. The lowest BCUT2D eigenvalue weighted by atomic mass is 10.5. The Morgan fingerprint density at radius 3 is 2.29 bits per heavy atom. The van der Waals surface area contributed by atoms with Gasteiger partial charge in [-0.25, -0.2) is 0 Å². The van der Waals surface area contributed by atoms with E-state index in [1.807, 2.05) is 0 Å². The van der Waals surface area contributed by atoms with Crippen LogP contribution in [-0.2, 0) is 14.3 Å². The molecular formula is C4H6O3. The second-order valence-electron chi connectivity index (χ2n) is 1.07. The van der Waals surface area contributed by atoms with E-state index in [1.165, 1.54) is 6.92 Å². The highest BCUT2D eigenvalue weighted by atomic mass is 16.5. The van der Waals surface area contributed by atoms with E-state index >= 15 is 0 Å². The fourth-order valence-corrected chi connectivity index (χ4v) is 0.120. The first-order chi connectivity index (χ1) is 3.31. The first-order valence-corrected chi connectivity index (χ1v) is 1.85. The van der Waals surface area contributed by atoms with Crippen molar-refractivity contribution in [3.8, 4) is 0 Å². The molecule has 0 N–H and O–H groups in total. The quantitative estimate of drug-likeness (QED) is 0.461. The van der Waals surface area contributed by atoms with E-state index in [9.17, 15) is 9.59 Å². The van der Waals surface area contributed by atoms with Gasteiger partial charge in [0.15, 0.2) is 12.4 Å². The summed E-state index contributed by atoms with van der Waals surface area (Å²) in [6, 6.07) is 0. The maximum absolute atomic E-state index is 9.61. The monoisotopic (exact) mass is 102 g/mol. The SMILES string of the molecule is CC(C=O)OC=O. The molecule has 0 rings (SSSR count). The van der Waals surface area contributed by atoms with Crippen molar-refractivity contribution in [1.82, 2.24) is 0 Å². The summed E-state index contributed by atoms with van der Waals surface area (Å²) in [5, 5.41) is 0. The van der Waals surface area contributed by atoms with E-state index in [1.54, 1.807) is 0 Å². The summed E-state index contributed by atoms with van der Waals surface area (Å²) >= 11 is 0. The molecule has 0 aliphatic heterocycles. The Kier molecular flexibility index (Phi) is 2.92. The van der Waals surface area contributed by atoms with Crippen molar-refractivity contribution in [3.05, 3.63) is 0 Å². The Balaban J connectivity index is 3.15. The van der Waals surface area contributed by atoms with Crippen molar-refractivity contribution in [2.24, 2.45) is 0 Å². The van der Waals surface area contributed by atoms with Gasteiger partial charge in [0.1, 0.15) is 0 Å². The summed E-state index contributed by atoms with van der Waals surface area (Å²) < 4.78 is 4.14. The number of aldehydes is 1. The summed E-state index contributed by atoms with van der Waals surface area (Å²) in [6.45, 7) is 1.74. The van der Waals surface area contributed by atoms with E-state index in [2.05, 4.69) is 4.74 Å². The first kappa shape index (κ1) is 6.14. The van der Waals surface area contributed by atoms with Crippen LogP contribution in [0.15, 0.2) is 0 Å². The highest BCUT2D eigenvalue weighted by Crippen LogP contribution is 1.77. The van der Waals surface area contributed by atoms with E-state index in [4.69, 9.17) is 0 Å². The van der Waals surface area contributed by atoms with E-state index in [0.29, 0.717) is 6.29 Å². The predicted molar refractivity (Wildman–Crippen MR) is 22.7 cm³/mol. The molecule has 3 heteroatoms. The molecule has 0 saturated carbocycles. The van der Waals surface area contributed by atoms with Gasteiger partial charge in [-0.1, -0.05) is 0 Å². The van der Waals surface area contributed by atoms with Crippen molar-refractivity contribution >= 4 is 12.8 Å². The number of rotatable bonds is 3. The van der Waals surface area contributed by atoms with Crippen LogP contribution in [-0.4, -0.2) is 18.9 Å². The molecular weight excluding hydrogens is 96.0 g/mol. The molecule has 3 nitrogen and oxygen atoms in total. The third kappa shape index (κ3) is 2.96. The maximum atomic E-state index is 9.61. The maximum Gasteiger partial charge on any atom is 0.293 e. The topological polar surface area (TPSA) is 43.4 Å². The lowest BCUT2D eigenvalue weighted by molar-refractivity contribution is -0.137. The summed E-state index contributed by atoms with van der Waals surface area (Å²) in [7, 11) is 0. The van der Waals surface area contributed by atoms with Gasteiger partial charge in [-0.2, -0.15) is 0 Å². The van der Waals surface area contributed by atoms with Crippen LogP contribution in [0.25, 0.3) is 0 Å². The standard InChI is InChI=1S/C4H6O3/c1-4(2-5)7-3-6/h2-4H,1H3. The van der Waals surface area contributed by atoms with Crippen molar-refractivity contribution < 1.29 is 14.3 Å². The normalized spacial score (nSPS) is 12.1. The Morgan fingerprint density at radius 2 is 2.14 bits per heavy atom. The van der Waals surface area contributed by atoms with Crippen LogP contribution >= 0.6 is 0 Å². The zero-order valence-electron chi connectivity index (χ0n) is 3.96. The Hall–Kier alpha value is -0.860. The molecule has 0 aliphatic rings. The number of hydrogen-bond donors (Lipinski definition) is 0. The molecule has 0 heterocycles. The molecule has 0 radical (unpaired) electrons. The molecule has 1 atom stereocenters. The summed E-state index contributed by atoms with van der Waals surface area (Å²) in [4.78, 5) is 19.0. The Bertz CT molecular complexity index is 69.3. The van der Waals surface area contributed by atoms with Crippen molar-refractivity contribution in [1.29, 1.82) is 0 Å². The summed E-state index contributed by atoms with van der Waals surface area (Å²) in [5.74, 6) is 0. The van der Waals surface area contributed by atoms with Gasteiger partial charge in [-0.15, -0.1) is 0 Å². The van der Waals surface area contributed by atoms with Crippen LogP contribution in [0.2, 0.25) is 0 Å². The molecule has 0 spiro atoms. The summed E-state index contributed by atoms with van der Waals surface area (Å²) in [6.07, 6.45) is -0.0495. The number of carbonyl (C=O) groups is 2. The zero-order chi connectivity index (χ0) is 5.70. The van der Waals surface area contributed by atoms with Crippen LogP contribution in [0.1, 0.15) is 6.92 Å². The van der Waals surface area contributed by atoms with Crippen LogP contribution < -0.4 is 0 Å². The minimum absolute atomic E-state index is 0.249. The second kappa shape index (κ2) is 3.33. The van der Waals surface area contributed by atoms with Crippen LogP contribution in [0.3, 0.4) is 0 Å². The molecule has 7 heavy (non-hydrogen) atoms. The van der Waals surface area contributed by atoms with E-state index < -0.39 is 6.10 Å². The molecule has 0 aromatic carbocycles. The third-order valence-corrected chi connectivity index (χ3v) is 0.462. The highest BCUT2D eigenvalue weighted by molar-refractivity contribution is 5.58. The molecule has 0 amide bonds. The zero-order valence-corrected chi connectivity index (χ0v) is 3.96. The largest absolute Gasteiger partial charge is 0.457 e. The highest BCUT2D eigenvalue weighted by Gasteiger charge is 1.92. The molecule has 0 saturated heterocycles. The molecule has 0 aromatic heterocycles. The van der Waals surface area contributed by atoms with Crippen molar-refractivity contribution in [3.63, 3.8) is 0 Å². The second-order valence-corrected chi connectivity index (χ2v) is 1.07. The van der Waals surface area contributed by atoms with E-state index in [0.717, 1.165) is 0 Å². The fraction of sp³-hybridized carbons (Fsp3) is 0.500. The fourth-order valence-electron chi connectivity index (χ4n) is 0.120. The first-order valence-electron chi connectivity index (χ1n) is 1.85. The minimum Gasteiger partial charge on any atom is -0.457 e. The minimum atomic E-state index is -0.600. The Labute approximate surface area is 41.3 Å². The summed E-state index contributed by atoms with van der Waals surface area (Å²) in [5.41, 5.74) is 0. The van der Waals surface area contributed by atoms with Gasteiger partial charge in [-0.3, -0.25) is 9.59 Å². The van der Waals surface area contributed by atoms with Crippen LogP contribution in [0, 0.1) is 0 Å². The average molecular weight is 102 g/mol. The van der Waals surface area contributed by atoms with Crippen molar-refractivity contribution in [2.75, 3.05) is 0 Å².